The lowest BCUT2D eigenvalue weighted by atomic mass is 10.1. The van der Waals surface area contributed by atoms with Crippen LogP contribution < -0.4 is 5.32 Å². The maximum absolute atomic E-state index is 11.0. The molecule has 1 atom stereocenters. The number of carbonyl (C=O) groups excluding carboxylic acids is 1. The van der Waals surface area contributed by atoms with Crippen molar-refractivity contribution in [3.63, 3.8) is 0 Å². The number of amides is 1. The van der Waals surface area contributed by atoms with Gasteiger partial charge in [0.15, 0.2) is 0 Å². The molecule has 19 heavy (non-hydrogen) atoms. The number of aliphatic hydroxyl groups is 1. The smallest absolute Gasteiger partial charge is 0.245 e. The first kappa shape index (κ1) is 14.0. The number of aromatic nitrogens is 2. The van der Waals surface area contributed by atoms with Crippen molar-refractivity contribution in [1.29, 1.82) is 0 Å². The van der Waals surface area contributed by atoms with Crippen molar-refractivity contribution < 1.29 is 9.90 Å². The van der Waals surface area contributed by atoms with E-state index in [0.29, 0.717) is 12.5 Å². The van der Waals surface area contributed by atoms with E-state index in [0.717, 1.165) is 37.4 Å². The normalized spacial score (nSPS) is 19.8. The largest absolute Gasteiger partial charge is 0.387 e. The Morgan fingerprint density at radius 2 is 2.37 bits per heavy atom. The Morgan fingerprint density at radius 1 is 1.58 bits per heavy atom. The Bertz CT molecular complexity index is 424. The first-order chi connectivity index (χ1) is 9.10. The van der Waals surface area contributed by atoms with E-state index in [-0.39, 0.29) is 5.91 Å². The topological polar surface area (TPSA) is 81.2 Å². The number of nitrogens with one attached hydrogen (secondary N) is 2. The summed E-state index contributed by atoms with van der Waals surface area (Å²) in [5.74, 6) is 0.183. The maximum Gasteiger partial charge on any atom is 0.245 e. The molecule has 2 rings (SSSR count). The van der Waals surface area contributed by atoms with Crippen LogP contribution in [0.1, 0.15) is 23.4 Å². The molecule has 1 aliphatic heterocycles. The summed E-state index contributed by atoms with van der Waals surface area (Å²) in [4.78, 5) is 13.4. The van der Waals surface area contributed by atoms with Gasteiger partial charge in [0.25, 0.3) is 0 Å². The van der Waals surface area contributed by atoms with Gasteiger partial charge in [-0.05, 0) is 32.7 Å². The molecule has 6 nitrogen and oxygen atoms in total. The summed E-state index contributed by atoms with van der Waals surface area (Å²) in [5, 5.41) is 18.6. The summed E-state index contributed by atoms with van der Waals surface area (Å²) in [5.41, 5.74) is 3.48. The summed E-state index contributed by atoms with van der Waals surface area (Å²) < 4.78 is 0. The van der Waals surface area contributed by atoms with Gasteiger partial charge in [-0.25, -0.2) is 0 Å². The minimum Gasteiger partial charge on any atom is -0.387 e. The van der Waals surface area contributed by atoms with Crippen LogP contribution in [0, 0.1) is 19.8 Å². The molecule has 6 heteroatoms. The van der Waals surface area contributed by atoms with Crippen molar-refractivity contribution in [2.45, 2.75) is 26.8 Å². The van der Waals surface area contributed by atoms with Gasteiger partial charge in [-0.1, -0.05) is 0 Å². The summed E-state index contributed by atoms with van der Waals surface area (Å²) >= 11 is 0. The molecule has 3 N–H and O–H groups in total. The molecule has 1 unspecified atom stereocenters. The van der Waals surface area contributed by atoms with Gasteiger partial charge < -0.3 is 10.4 Å². The second kappa shape index (κ2) is 6.16. The van der Waals surface area contributed by atoms with E-state index in [4.69, 9.17) is 5.11 Å². The predicted molar refractivity (Wildman–Crippen MR) is 71.5 cm³/mol. The maximum atomic E-state index is 11.0. The number of aryl methyl sites for hydroxylation is 2. The third kappa shape index (κ3) is 3.54. The summed E-state index contributed by atoms with van der Waals surface area (Å²) in [6.45, 7) is 7.24. The van der Waals surface area contributed by atoms with Crippen LogP contribution in [0.15, 0.2) is 0 Å². The summed E-state index contributed by atoms with van der Waals surface area (Å²) in [6.07, 6.45) is 1.08. The van der Waals surface area contributed by atoms with Crippen LogP contribution in [0.2, 0.25) is 0 Å². The fourth-order valence-corrected chi connectivity index (χ4v) is 2.57. The molecular weight excluding hydrogens is 244 g/mol. The molecule has 0 bridgehead atoms. The standard InChI is InChI=1S/C13H22N4O2/c1-9-12(10(2)16-15-9)7-17-4-3-11(6-17)5-14-13(19)8-18/h11,18H,3-8H2,1-2H3,(H,14,19)(H,15,16). The fourth-order valence-electron chi connectivity index (χ4n) is 2.57. The predicted octanol–water partition coefficient (Wildman–Crippen LogP) is -0.0431. The first-order valence-corrected chi connectivity index (χ1v) is 6.70. The average Bonchev–Trinajstić information content (AvgIpc) is 2.98. The molecule has 1 aliphatic rings. The van der Waals surface area contributed by atoms with Crippen molar-refractivity contribution in [2.24, 2.45) is 5.92 Å². The SMILES string of the molecule is Cc1n[nH]c(C)c1CN1CCC(CNC(=O)CO)C1. The van der Waals surface area contributed by atoms with Crippen LogP contribution in [-0.2, 0) is 11.3 Å². The van der Waals surface area contributed by atoms with Crippen LogP contribution in [0.3, 0.4) is 0 Å². The number of likely N-dealkylation sites (tertiary alicyclic amines) is 1. The van der Waals surface area contributed by atoms with Gasteiger partial charge in [0.05, 0.1) is 5.69 Å². The van der Waals surface area contributed by atoms with E-state index in [1.54, 1.807) is 0 Å². The van der Waals surface area contributed by atoms with Crippen LogP contribution in [0.5, 0.6) is 0 Å². The zero-order valence-corrected chi connectivity index (χ0v) is 11.6. The van der Waals surface area contributed by atoms with Gasteiger partial charge in [0.1, 0.15) is 6.61 Å². The van der Waals surface area contributed by atoms with Gasteiger partial charge in [0, 0.05) is 30.9 Å². The lowest BCUT2D eigenvalue weighted by Gasteiger charge is -2.16. The average molecular weight is 266 g/mol. The molecule has 1 aromatic rings. The number of carbonyl (C=O) groups is 1. The van der Waals surface area contributed by atoms with E-state index < -0.39 is 6.61 Å². The van der Waals surface area contributed by atoms with Gasteiger partial charge >= 0.3 is 0 Å². The van der Waals surface area contributed by atoms with Crippen molar-refractivity contribution >= 4 is 5.91 Å². The Labute approximate surface area is 113 Å². The molecule has 1 saturated heterocycles. The molecule has 0 spiro atoms. The molecule has 2 heterocycles. The van der Waals surface area contributed by atoms with Crippen LogP contribution in [0.4, 0.5) is 0 Å². The number of aliphatic hydroxyl groups excluding tert-OH is 1. The summed E-state index contributed by atoms with van der Waals surface area (Å²) in [7, 11) is 0. The minimum absolute atomic E-state index is 0.292. The highest BCUT2D eigenvalue weighted by Crippen LogP contribution is 2.20. The number of aromatic amines is 1. The Kier molecular flexibility index (Phi) is 4.55. The molecule has 1 fully saturated rings. The van der Waals surface area contributed by atoms with E-state index in [9.17, 15) is 4.79 Å². The van der Waals surface area contributed by atoms with Crippen molar-refractivity contribution in [1.82, 2.24) is 20.4 Å². The third-order valence-electron chi connectivity index (χ3n) is 3.76. The lowest BCUT2D eigenvalue weighted by molar-refractivity contribution is -0.123. The Morgan fingerprint density at radius 3 is 3.00 bits per heavy atom. The molecule has 0 aliphatic carbocycles. The fraction of sp³-hybridized carbons (Fsp3) is 0.692. The number of hydrogen-bond donors (Lipinski definition) is 3. The van der Waals surface area contributed by atoms with Gasteiger partial charge in [-0.15, -0.1) is 0 Å². The number of rotatable bonds is 5. The van der Waals surface area contributed by atoms with Gasteiger partial charge in [-0.2, -0.15) is 5.10 Å². The number of H-pyrrole nitrogens is 1. The molecular formula is C13H22N4O2. The van der Waals surface area contributed by atoms with E-state index >= 15 is 0 Å². The van der Waals surface area contributed by atoms with Crippen molar-refractivity contribution in [3.8, 4) is 0 Å². The Balaban J connectivity index is 1.81. The third-order valence-corrected chi connectivity index (χ3v) is 3.76. The minimum atomic E-state index is -0.427. The second-order valence-electron chi connectivity index (χ2n) is 5.26. The van der Waals surface area contributed by atoms with E-state index in [2.05, 4.69) is 20.4 Å². The number of nitrogens with zero attached hydrogens (tertiary/aromatic N) is 2. The Hall–Kier alpha value is -1.40. The molecule has 106 valence electrons. The van der Waals surface area contributed by atoms with Crippen LogP contribution in [0.25, 0.3) is 0 Å². The zero-order valence-electron chi connectivity index (χ0n) is 11.6. The van der Waals surface area contributed by atoms with Crippen LogP contribution >= 0.6 is 0 Å². The molecule has 0 aromatic carbocycles. The number of hydrogen-bond acceptors (Lipinski definition) is 4. The van der Waals surface area contributed by atoms with Crippen LogP contribution in [-0.4, -0.2) is 52.4 Å². The highest BCUT2D eigenvalue weighted by molar-refractivity contribution is 5.76. The zero-order chi connectivity index (χ0) is 13.8. The quantitative estimate of drug-likeness (QED) is 0.698. The van der Waals surface area contributed by atoms with E-state index in [1.165, 1.54) is 5.56 Å². The monoisotopic (exact) mass is 266 g/mol. The molecule has 0 radical (unpaired) electrons. The van der Waals surface area contributed by atoms with Gasteiger partial charge in [-0.3, -0.25) is 14.8 Å². The molecule has 1 aromatic heterocycles. The summed E-state index contributed by atoms with van der Waals surface area (Å²) in [6, 6.07) is 0. The molecule has 1 amide bonds. The van der Waals surface area contributed by atoms with Crippen molar-refractivity contribution in [2.75, 3.05) is 26.2 Å². The van der Waals surface area contributed by atoms with Crippen molar-refractivity contribution in [3.05, 3.63) is 17.0 Å². The highest BCUT2D eigenvalue weighted by atomic mass is 16.3. The van der Waals surface area contributed by atoms with E-state index in [1.807, 2.05) is 13.8 Å². The lowest BCUT2D eigenvalue weighted by Crippen LogP contribution is -2.32. The highest BCUT2D eigenvalue weighted by Gasteiger charge is 2.24. The van der Waals surface area contributed by atoms with Gasteiger partial charge in [0.2, 0.25) is 5.91 Å². The molecule has 0 saturated carbocycles. The first-order valence-electron chi connectivity index (χ1n) is 6.70. The second-order valence-corrected chi connectivity index (χ2v) is 5.26.